The Labute approximate surface area is 148 Å². The maximum atomic E-state index is 13.3. The van der Waals surface area contributed by atoms with E-state index < -0.39 is 24.1 Å². The van der Waals surface area contributed by atoms with Crippen molar-refractivity contribution in [2.24, 2.45) is 0 Å². The molecule has 2 rings (SSSR count). The molecule has 2 aromatic carbocycles. The smallest absolute Gasteiger partial charge is 0.369 e. The van der Waals surface area contributed by atoms with Crippen molar-refractivity contribution >= 4 is 41.0 Å². The van der Waals surface area contributed by atoms with Crippen LogP contribution in [-0.2, 0) is 9.53 Å². The Hall–Kier alpha value is -2.32. The summed E-state index contributed by atoms with van der Waals surface area (Å²) in [6.45, 7) is 0. The van der Waals surface area contributed by atoms with Crippen molar-refractivity contribution in [1.82, 2.24) is 0 Å². The molecule has 132 valence electrons. The standard InChI is InChI=1S/C15H7Cl2F4NO3/c16-8-2-3-9(7-1-4-11(18)10(17)5-7)12(6-8)22-14(24)25-13(23)15(19,20)21/h1-6H,(H,22,24). The highest BCUT2D eigenvalue weighted by molar-refractivity contribution is 6.31. The summed E-state index contributed by atoms with van der Waals surface area (Å²) in [4.78, 5) is 22.2. The SMILES string of the molecule is O=C(Nc1cc(Cl)ccc1-c1ccc(F)c(Cl)c1)OC(=O)C(F)(F)F. The van der Waals surface area contributed by atoms with Crippen LogP contribution in [0.4, 0.5) is 28.0 Å². The van der Waals surface area contributed by atoms with Gasteiger partial charge in [-0.3, -0.25) is 5.32 Å². The second-order valence-corrected chi connectivity index (χ2v) is 5.46. The molecule has 25 heavy (non-hydrogen) atoms. The quantitative estimate of drug-likeness (QED) is 0.418. The first kappa shape index (κ1) is 19.0. The summed E-state index contributed by atoms with van der Waals surface area (Å²) < 4.78 is 53.2. The third-order valence-corrected chi connectivity index (χ3v) is 3.39. The number of rotatable bonds is 2. The van der Waals surface area contributed by atoms with Gasteiger partial charge in [0.05, 0.1) is 10.7 Å². The highest BCUT2D eigenvalue weighted by Gasteiger charge is 2.42. The molecule has 0 spiro atoms. The summed E-state index contributed by atoms with van der Waals surface area (Å²) in [6, 6.07) is 7.73. The molecule has 0 radical (unpaired) electrons. The zero-order valence-corrected chi connectivity index (χ0v) is 13.5. The first-order chi connectivity index (χ1) is 11.6. The van der Waals surface area contributed by atoms with Gasteiger partial charge in [-0.1, -0.05) is 35.3 Å². The number of esters is 1. The van der Waals surface area contributed by atoms with Crippen LogP contribution >= 0.6 is 23.2 Å². The van der Waals surface area contributed by atoms with E-state index in [-0.39, 0.29) is 21.3 Å². The second kappa shape index (κ2) is 7.28. The van der Waals surface area contributed by atoms with Crippen LogP contribution < -0.4 is 5.32 Å². The molecule has 1 amide bonds. The van der Waals surface area contributed by atoms with E-state index in [2.05, 4.69) is 4.74 Å². The predicted octanol–water partition coefficient (Wildman–Crippen LogP) is 5.44. The van der Waals surface area contributed by atoms with Crippen LogP contribution in [0.15, 0.2) is 36.4 Å². The molecule has 0 aliphatic rings. The van der Waals surface area contributed by atoms with E-state index >= 15 is 0 Å². The van der Waals surface area contributed by atoms with Gasteiger partial charge >= 0.3 is 18.2 Å². The number of carbonyl (C=O) groups excluding carboxylic acids is 2. The van der Waals surface area contributed by atoms with Gasteiger partial charge in [0.25, 0.3) is 0 Å². The lowest BCUT2D eigenvalue weighted by Gasteiger charge is -2.12. The first-order valence-electron chi connectivity index (χ1n) is 6.43. The Bertz CT molecular complexity index is 840. The summed E-state index contributed by atoms with van der Waals surface area (Å²) in [5.41, 5.74) is 0.554. The molecule has 0 bridgehead atoms. The highest BCUT2D eigenvalue weighted by atomic mass is 35.5. The van der Waals surface area contributed by atoms with Crippen molar-refractivity contribution in [3.63, 3.8) is 0 Å². The van der Waals surface area contributed by atoms with E-state index in [4.69, 9.17) is 23.2 Å². The van der Waals surface area contributed by atoms with Gasteiger partial charge in [0.1, 0.15) is 5.82 Å². The van der Waals surface area contributed by atoms with Gasteiger partial charge in [0, 0.05) is 10.6 Å². The zero-order chi connectivity index (χ0) is 18.8. The number of alkyl halides is 3. The van der Waals surface area contributed by atoms with Crippen molar-refractivity contribution in [2.45, 2.75) is 6.18 Å². The largest absolute Gasteiger partial charge is 0.491 e. The van der Waals surface area contributed by atoms with Crippen LogP contribution in [0.2, 0.25) is 10.0 Å². The number of benzene rings is 2. The van der Waals surface area contributed by atoms with E-state index in [1.54, 1.807) is 0 Å². The maximum Gasteiger partial charge on any atom is 0.491 e. The Balaban J connectivity index is 2.31. The van der Waals surface area contributed by atoms with E-state index in [1.165, 1.54) is 30.3 Å². The number of ether oxygens (including phenoxy) is 1. The molecule has 0 aliphatic carbocycles. The number of nitrogens with one attached hydrogen (secondary N) is 1. The van der Waals surface area contributed by atoms with Crippen molar-refractivity contribution in [2.75, 3.05) is 5.32 Å². The van der Waals surface area contributed by atoms with E-state index in [1.807, 2.05) is 5.32 Å². The van der Waals surface area contributed by atoms with Crippen LogP contribution in [0, 0.1) is 5.82 Å². The Morgan fingerprint density at radius 1 is 1.04 bits per heavy atom. The number of hydrogen-bond donors (Lipinski definition) is 1. The molecule has 0 atom stereocenters. The minimum Gasteiger partial charge on any atom is -0.369 e. The summed E-state index contributed by atoms with van der Waals surface area (Å²) in [5, 5.41) is 1.93. The lowest BCUT2D eigenvalue weighted by atomic mass is 10.0. The highest BCUT2D eigenvalue weighted by Crippen LogP contribution is 2.33. The fourth-order valence-corrected chi connectivity index (χ4v) is 2.17. The Kier molecular flexibility index (Phi) is 5.54. The van der Waals surface area contributed by atoms with Crippen molar-refractivity contribution in [3.8, 4) is 11.1 Å². The molecule has 0 unspecified atom stereocenters. The average molecular weight is 396 g/mol. The van der Waals surface area contributed by atoms with Crippen molar-refractivity contribution < 1.29 is 31.9 Å². The Morgan fingerprint density at radius 2 is 1.72 bits per heavy atom. The van der Waals surface area contributed by atoms with E-state index in [9.17, 15) is 27.2 Å². The van der Waals surface area contributed by atoms with Crippen LogP contribution in [-0.4, -0.2) is 18.2 Å². The fourth-order valence-electron chi connectivity index (χ4n) is 1.81. The lowest BCUT2D eigenvalue weighted by Crippen LogP contribution is -2.30. The first-order valence-corrected chi connectivity index (χ1v) is 7.18. The third-order valence-electron chi connectivity index (χ3n) is 2.87. The summed E-state index contributed by atoms with van der Waals surface area (Å²) in [5.74, 6) is -3.34. The van der Waals surface area contributed by atoms with Crippen LogP contribution in [0.1, 0.15) is 0 Å². The topological polar surface area (TPSA) is 55.4 Å². The predicted molar refractivity (Wildman–Crippen MR) is 83.0 cm³/mol. The minimum atomic E-state index is -5.32. The summed E-state index contributed by atoms with van der Waals surface area (Å²) >= 11 is 11.5. The zero-order valence-electron chi connectivity index (χ0n) is 12.0. The molecule has 1 N–H and O–H groups in total. The molecular formula is C15H7Cl2F4NO3. The summed E-state index contributed by atoms with van der Waals surface area (Å²) in [7, 11) is 0. The fraction of sp³-hybridized carbons (Fsp3) is 0.0667. The molecule has 0 aliphatic heterocycles. The van der Waals surface area contributed by atoms with Gasteiger partial charge < -0.3 is 4.74 Å². The van der Waals surface area contributed by atoms with Gasteiger partial charge in [0.15, 0.2) is 0 Å². The van der Waals surface area contributed by atoms with Crippen LogP contribution in [0.5, 0.6) is 0 Å². The monoisotopic (exact) mass is 395 g/mol. The second-order valence-electron chi connectivity index (χ2n) is 4.62. The summed E-state index contributed by atoms with van der Waals surface area (Å²) in [6.07, 6.45) is -6.97. The van der Waals surface area contributed by atoms with Gasteiger partial charge in [-0.2, -0.15) is 13.2 Å². The van der Waals surface area contributed by atoms with Gasteiger partial charge in [-0.25, -0.2) is 14.0 Å². The van der Waals surface area contributed by atoms with E-state index in [0.29, 0.717) is 5.56 Å². The maximum absolute atomic E-state index is 13.3. The number of anilines is 1. The number of halogens is 6. The molecule has 4 nitrogen and oxygen atoms in total. The van der Waals surface area contributed by atoms with Gasteiger partial charge in [-0.05, 0) is 29.8 Å². The minimum absolute atomic E-state index is 0.0600. The normalized spacial score (nSPS) is 11.1. The third kappa shape index (κ3) is 4.83. The molecular weight excluding hydrogens is 389 g/mol. The molecule has 0 aromatic heterocycles. The Morgan fingerprint density at radius 3 is 2.32 bits per heavy atom. The van der Waals surface area contributed by atoms with Gasteiger partial charge in [-0.15, -0.1) is 0 Å². The number of hydrogen-bond acceptors (Lipinski definition) is 3. The number of amides is 1. The van der Waals surface area contributed by atoms with Crippen LogP contribution in [0.3, 0.4) is 0 Å². The molecule has 0 saturated heterocycles. The van der Waals surface area contributed by atoms with Crippen molar-refractivity contribution in [3.05, 3.63) is 52.3 Å². The molecule has 0 saturated carbocycles. The van der Waals surface area contributed by atoms with Crippen LogP contribution in [0.25, 0.3) is 11.1 Å². The van der Waals surface area contributed by atoms with E-state index in [0.717, 1.165) is 6.07 Å². The number of carbonyl (C=O) groups is 2. The van der Waals surface area contributed by atoms with Gasteiger partial charge in [0.2, 0.25) is 0 Å². The lowest BCUT2D eigenvalue weighted by molar-refractivity contribution is -0.192. The molecule has 10 heteroatoms. The molecule has 0 heterocycles. The van der Waals surface area contributed by atoms with Crippen molar-refractivity contribution in [1.29, 1.82) is 0 Å². The molecule has 2 aromatic rings. The molecule has 0 fully saturated rings. The average Bonchev–Trinajstić information content (AvgIpc) is 2.49.